The Morgan fingerprint density at radius 3 is 2.10 bits per heavy atom. The number of unbranched alkanes of at least 4 members (excludes halogenated alkanes) is 3. The summed E-state index contributed by atoms with van der Waals surface area (Å²) in [7, 11) is 0. The van der Waals surface area contributed by atoms with E-state index in [4.69, 9.17) is 4.74 Å². The summed E-state index contributed by atoms with van der Waals surface area (Å²) in [4.78, 5) is 26.3. The van der Waals surface area contributed by atoms with E-state index in [1.165, 1.54) is 0 Å². The van der Waals surface area contributed by atoms with Crippen LogP contribution in [0, 0.1) is 0 Å². The fourth-order valence-corrected chi connectivity index (χ4v) is 2.36. The number of hydrogen-bond acceptors (Lipinski definition) is 3. The van der Waals surface area contributed by atoms with Gasteiger partial charge in [-0.15, -0.1) is 0 Å². The minimum Gasteiger partial charge on any atom is -0.464 e. The van der Waals surface area contributed by atoms with Gasteiger partial charge in [0.05, 0.1) is 6.61 Å². The standard InChI is InChI=1S/C17H33NO3/c1-7-9-11-12-15(19)18(17(4,5)6)14(3)16(20)21-13-10-8-2/h14H,7-13H2,1-6H3. The van der Waals surface area contributed by atoms with Crippen molar-refractivity contribution in [3.63, 3.8) is 0 Å². The lowest BCUT2D eigenvalue weighted by atomic mass is 10.0. The molecule has 0 aliphatic heterocycles. The molecule has 0 fully saturated rings. The molecule has 0 radical (unpaired) electrons. The summed E-state index contributed by atoms with van der Waals surface area (Å²) >= 11 is 0. The van der Waals surface area contributed by atoms with Crippen LogP contribution in [-0.4, -0.2) is 35.0 Å². The summed E-state index contributed by atoms with van der Waals surface area (Å²) < 4.78 is 5.26. The van der Waals surface area contributed by atoms with Gasteiger partial charge < -0.3 is 9.64 Å². The first-order valence-corrected chi connectivity index (χ1v) is 8.24. The Labute approximate surface area is 130 Å². The number of rotatable bonds is 9. The van der Waals surface area contributed by atoms with Gasteiger partial charge in [0.2, 0.25) is 5.91 Å². The van der Waals surface area contributed by atoms with Crippen LogP contribution < -0.4 is 0 Å². The Balaban J connectivity index is 4.74. The number of esters is 1. The molecular formula is C17H33NO3. The smallest absolute Gasteiger partial charge is 0.328 e. The van der Waals surface area contributed by atoms with Crippen molar-refractivity contribution >= 4 is 11.9 Å². The van der Waals surface area contributed by atoms with Gasteiger partial charge in [0, 0.05) is 12.0 Å². The molecule has 0 saturated carbocycles. The highest BCUT2D eigenvalue weighted by Crippen LogP contribution is 2.20. The van der Waals surface area contributed by atoms with Gasteiger partial charge >= 0.3 is 5.97 Å². The van der Waals surface area contributed by atoms with E-state index in [0.29, 0.717) is 13.0 Å². The molecule has 1 atom stereocenters. The third-order valence-corrected chi connectivity index (χ3v) is 3.46. The van der Waals surface area contributed by atoms with Crippen LogP contribution in [0.25, 0.3) is 0 Å². The van der Waals surface area contributed by atoms with Crippen LogP contribution in [-0.2, 0) is 14.3 Å². The highest BCUT2D eigenvalue weighted by atomic mass is 16.5. The minimum atomic E-state index is -0.531. The number of ether oxygens (including phenoxy) is 1. The molecule has 0 aromatic carbocycles. The zero-order valence-corrected chi connectivity index (χ0v) is 14.7. The summed E-state index contributed by atoms with van der Waals surface area (Å²) in [6, 6.07) is -0.531. The fourth-order valence-electron chi connectivity index (χ4n) is 2.36. The summed E-state index contributed by atoms with van der Waals surface area (Å²) in [6.45, 7) is 12.2. The second-order valence-electron chi connectivity index (χ2n) is 6.59. The SMILES string of the molecule is CCCCCC(=O)N(C(C)C(=O)OCCCC)C(C)(C)C. The Kier molecular flexibility index (Phi) is 9.31. The maximum atomic E-state index is 12.5. The number of amides is 1. The van der Waals surface area contributed by atoms with Crippen molar-refractivity contribution in [3.8, 4) is 0 Å². The van der Waals surface area contributed by atoms with Crippen molar-refractivity contribution in [2.75, 3.05) is 6.61 Å². The fraction of sp³-hybridized carbons (Fsp3) is 0.882. The van der Waals surface area contributed by atoms with Crippen molar-refractivity contribution in [1.82, 2.24) is 4.90 Å². The molecule has 1 amide bonds. The van der Waals surface area contributed by atoms with Gasteiger partial charge in [-0.25, -0.2) is 4.79 Å². The van der Waals surface area contributed by atoms with Gasteiger partial charge in [-0.3, -0.25) is 4.79 Å². The molecule has 0 aliphatic rings. The Bertz CT molecular complexity index is 320. The first-order valence-electron chi connectivity index (χ1n) is 8.24. The highest BCUT2D eigenvalue weighted by Gasteiger charge is 2.34. The summed E-state index contributed by atoms with van der Waals surface area (Å²) in [6.07, 6.45) is 5.34. The second kappa shape index (κ2) is 9.80. The molecule has 0 heterocycles. The van der Waals surface area contributed by atoms with Gasteiger partial charge in [-0.05, 0) is 40.5 Å². The Morgan fingerprint density at radius 1 is 1.05 bits per heavy atom. The molecular weight excluding hydrogens is 266 g/mol. The topological polar surface area (TPSA) is 46.6 Å². The number of carbonyl (C=O) groups excluding carboxylic acids is 2. The van der Waals surface area contributed by atoms with Crippen molar-refractivity contribution in [2.24, 2.45) is 0 Å². The Hall–Kier alpha value is -1.06. The molecule has 0 spiro atoms. The molecule has 0 aromatic rings. The van der Waals surface area contributed by atoms with Crippen LogP contribution in [0.1, 0.15) is 80.1 Å². The quantitative estimate of drug-likeness (QED) is 0.479. The first kappa shape index (κ1) is 19.9. The van der Waals surface area contributed by atoms with Gasteiger partial charge in [0.1, 0.15) is 6.04 Å². The predicted octanol–water partition coefficient (Wildman–Crippen LogP) is 3.93. The molecule has 0 aromatic heterocycles. The van der Waals surface area contributed by atoms with Crippen molar-refractivity contribution in [2.45, 2.75) is 91.6 Å². The van der Waals surface area contributed by atoms with Gasteiger partial charge in [-0.1, -0.05) is 33.1 Å². The van der Waals surface area contributed by atoms with Gasteiger partial charge in [0.15, 0.2) is 0 Å². The maximum Gasteiger partial charge on any atom is 0.328 e. The maximum absolute atomic E-state index is 12.5. The normalized spacial score (nSPS) is 12.9. The predicted molar refractivity (Wildman–Crippen MR) is 86.1 cm³/mol. The van der Waals surface area contributed by atoms with Crippen LogP contribution >= 0.6 is 0 Å². The minimum absolute atomic E-state index is 0.0379. The molecule has 4 heteroatoms. The first-order chi connectivity index (χ1) is 9.75. The van der Waals surface area contributed by atoms with Crippen LogP contribution in [0.2, 0.25) is 0 Å². The van der Waals surface area contributed by atoms with Gasteiger partial charge in [-0.2, -0.15) is 0 Å². The lowest BCUT2D eigenvalue weighted by Gasteiger charge is -2.39. The van der Waals surface area contributed by atoms with E-state index in [9.17, 15) is 9.59 Å². The van der Waals surface area contributed by atoms with Crippen LogP contribution in [0.4, 0.5) is 0 Å². The lowest BCUT2D eigenvalue weighted by molar-refractivity contribution is -0.158. The van der Waals surface area contributed by atoms with Crippen LogP contribution in [0.15, 0.2) is 0 Å². The number of hydrogen-bond donors (Lipinski definition) is 0. The van der Waals surface area contributed by atoms with E-state index < -0.39 is 6.04 Å². The average molecular weight is 299 g/mol. The molecule has 1 unspecified atom stereocenters. The summed E-state index contributed by atoms with van der Waals surface area (Å²) in [5, 5.41) is 0. The largest absolute Gasteiger partial charge is 0.464 e. The molecule has 0 aliphatic carbocycles. The van der Waals surface area contributed by atoms with E-state index in [-0.39, 0.29) is 17.4 Å². The van der Waals surface area contributed by atoms with E-state index >= 15 is 0 Å². The van der Waals surface area contributed by atoms with Crippen molar-refractivity contribution in [1.29, 1.82) is 0 Å². The van der Waals surface area contributed by atoms with E-state index in [1.54, 1.807) is 11.8 Å². The van der Waals surface area contributed by atoms with Crippen molar-refractivity contribution < 1.29 is 14.3 Å². The zero-order valence-electron chi connectivity index (χ0n) is 14.7. The molecule has 0 saturated heterocycles. The van der Waals surface area contributed by atoms with Crippen LogP contribution in [0.5, 0.6) is 0 Å². The zero-order chi connectivity index (χ0) is 16.5. The number of nitrogens with zero attached hydrogens (tertiary/aromatic N) is 1. The summed E-state index contributed by atoms with van der Waals surface area (Å²) in [5.41, 5.74) is -0.382. The third-order valence-electron chi connectivity index (χ3n) is 3.46. The summed E-state index contributed by atoms with van der Waals surface area (Å²) in [5.74, 6) is -0.266. The lowest BCUT2D eigenvalue weighted by Crippen LogP contribution is -2.53. The Morgan fingerprint density at radius 2 is 1.62 bits per heavy atom. The number of carbonyl (C=O) groups is 2. The van der Waals surface area contributed by atoms with E-state index in [2.05, 4.69) is 13.8 Å². The molecule has 124 valence electrons. The van der Waals surface area contributed by atoms with Gasteiger partial charge in [0.25, 0.3) is 0 Å². The molecule has 0 rings (SSSR count). The molecule has 0 bridgehead atoms. The molecule has 21 heavy (non-hydrogen) atoms. The molecule has 0 N–H and O–H groups in total. The second-order valence-corrected chi connectivity index (χ2v) is 6.59. The third kappa shape index (κ3) is 7.49. The van der Waals surface area contributed by atoms with E-state index in [0.717, 1.165) is 32.1 Å². The monoisotopic (exact) mass is 299 g/mol. The highest BCUT2D eigenvalue weighted by molar-refractivity contribution is 5.84. The van der Waals surface area contributed by atoms with Crippen LogP contribution in [0.3, 0.4) is 0 Å². The van der Waals surface area contributed by atoms with E-state index in [1.807, 2.05) is 20.8 Å². The van der Waals surface area contributed by atoms with Crippen molar-refractivity contribution in [3.05, 3.63) is 0 Å². The average Bonchev–Trinajstić information content (AvgIpc) is 2.37. The molecule has 4 nitrogen and oxygen atoms in total.